The van der Waals surface area contributed by atoms with Crippen LogP contribution in [-0.4, -0.2) is 32.5 Å². The van der Waals surface area contributed by atoms with Gasteiger partial charge in [-0.05, 0) is 41.4 Å². The summed E-state index contributed by atoms with van der Waals surface area (Å²) in [6.45, 7) is 3.06. The van der Waals surface area contributed by atoms with Crippen molar-refractivity contribution in [3.8, 4) is 0 Å². The Kier molecular flexibility index (Phi) is 6.19. The molecule has 0 amide bonds. The Labute approximate surface area is 138 Å². The van der Waals surface area contributed by atoms with Crippen LogP contribution < -0.4 is 10.0 Å². The van der Waals surface area contributed by atoms with E-state index in [0.717, 1.165) is 6.42 Å². The number of rotatable bonds is 9. The first-order valence-corrected chi connectivity index (χ1v) is 10.5. The molecule has 1 fully saturated rings. The van der Waals surface area contributed by atoms with Gasteiger partial charge in [0.05, 0.1) is 6.54 Å². The first kappa shape index (κ1) is 17.3. The maximum atomic E-state index is 12.3. The lowest BCUT2D eigenvalue weighted by Crippen LogP contribution is -2.26. The van der Waals surface area contributed by atoms with Gasteiger partial charge >= 0.3 is 0 Å². The van der Waals surface area contributed by atoms with Crippen LogP contribution in [0.2, 0.25) is 0 Å². The van der Waals surface area contributed by atoms with Gasteiger partial charge in [-0.1, -0.05) is 6.92 Å². The average molecular weight is 397 g/mol. The molecule has 1 atom stereocenters. The third-order valence-corrected chi connectivity index (χ3v) is 6.74. The van der Waals surface area contributed by atoms with Crippen LogP contribution in [-0.2, 0) is 16.6 Å². The molecule has 8 heteroatoms. The maximum absolute atomic E-state index is 12.3. The van der Waals surface area contributed by atoms with Crippen molar-refractivity contribution in [2.24, 2.45) is 0 Å². The molecule has 1 heterocycles. The SMILES string of the molecule is CSC(C)CCNS(=O)(=O)c1cc(CNC2CC2)oc1Br. The molecule has 1 aromatic rings. The van der Waals surface area contributed by atoms with Gasteiger partial charge in [0.25, 0.3) is 0 Å². The Morgan fingerprint density at radius 3 is 2.86 bits per heavy atom. The average Bonchev–Trinajstić information content (AvgIpc) is 3.18. The van der Waals surface area contributed by atoms with Gasteiger partial charge < -0.3 is 9.73 Å². The molecule has 1 aromatic heterocycles. The molecule has 0 spiro atoms. The minimum absolute atomic E-state index is 0.173. The Morgan fingerprint density at radius 2 is 2.24 bits per heavy atom. The lowest BCUT2D eigenvalue weighted by atomic mass is 10.3. The van der Waals surface area contributed by atoms with Crippen molar-refractivity contribution in [2.45, 2.75) is 48.9 Å². The number of sulfonamides is 1. The van der Waals surface area contributed by atoms with E-state index in [0.29, 0.717) is 30.1 Å². The van der Waals surface area contributed by atoms with Gasteiger partial charge in [-0.3, -0.25) is 0 Å². The second-order valence-electron chi connectivity index (χ2n) is 5.24. The molecule has 1 aliphatic carbocycles. The van der Waals surface area contributed by atoms with Crippen LogP contribution in [0.25, 0.3) is 0 Å². The summed E-state index contributed by atoms with van der Waals surface area (Å²) in [7, 11) is -3.52. The molecule has 5 nitrogen and oxygen atoms in total. The fourth-order valence-electron chi connectivity index (χ4n) is 1.79. The van der Waals surface area contributed by atoms with Crippen LogP contribution >= 0.6 is 27.7 Å². The van der Waals surface area contributed by atoms with Gasteiger partial charge in [-0.25, -0.2) is 13.1 Å². The molecular weight excluding hydrogens is 376 g/mol. The number of hydrogen-bond acceptors (Lipinski definition) is 5. The van der Waals surface area contributed by atoms with Crippen molar-refractivity contribution in [1.29, 1.82) is 0 Å². The van der Waals surface area contributed by atoms with Gasteiger partial charge in [-0.15, -0.1) is 0 Å². The lowest BCUT2D eigenvalue weighted by Gasteiger charge is -2.08. The maximum Gasteiger partial charge on any atom is 0.244 e. The van der Waals surface area contributed by atoms with E-state index in [1.165, 1.54) is 12.8 Å². The topological polar surface area (TPSA) is 71.3 Å². The van der Waals surface area contributed by atoms with Crippen molar-refractivity contribution in [3.05, 3.63) is 16.5 Å². The number of halogens is 1. The molecule has 2 rings (SSSR count). The summed E-state index contributed by atoms with van der Waals surface area (Å²) in [6, 6.07) is 2.14. The van der Waals surface area contributed by atoms with E-state index in [-0.39, 0.29) is 9.56 Å². The Morgan fingerprint density at radius 1 is 1.52 bits per heavy atom. The van der Waals surface area contributed by atoms with E-state index in [9.17, 15) is 8.42 Å². The molecule has 0 saturated heterocycles. The molecule has 2 N–H and O–H groups in total. The molecular formula is C13H21BrN2O3S2. The number of thioether (sulfide) groups is 1. The highest BCUT2D eigenvalue weighted by Crippen LogP contribution is 2.27. The summed E-state index contributed by atoms with van der Waals surface area (Å²) in [6.07, 6.45) is 5.18. The number of nitrogens with one attached hydrogen (secondary N) is 2. The molecule has 0 aromatic carbocycles. The van der Waals surface area contributed by atoms with E-state index in [4.69, 9.17) is 4.42 Å². The first-order valence-electron chi connectivity index (χ1n) is 6.96. The van der Waals surface area contributed by atoms with Crippen molar-refractivity contribution >= 4 is 37.7 Å². The van der Waals surface area contributed by atoms with Crippen molar-refractivity contribution in [2.75, 3.05) is 12.8 Å². The van der Waals surface area contributed by atoms with Crippen LogP contribution in [0, 0.1) is 0 Å². The minimum Gasteiger partial charge on any atom is -0.452 e. The molecule has 1 unspecified atom stereocenters. The highest BCUT2D eigenvalue weighted by molar-refractivity contribution is 9.10. The standard InChI is InChI=1S/C13H21BrN2O3S2/c1-9(20-2)5-6-16-21(17,18)12-7-11(19-13(12)14)8-15-10-3-4-10/h7,9-10,15-16H,3-6,8H2,1-2H3. The number of furan rings is 1. The van der Waals surface area contributed by atoms with Gasteiger partial charge in [0, 0.05) is 23.9 Å². The third-order valence-electron chi connectivity index (χ3n) is 3.38. The van der Waals surface area contributed by atoms with Crippen LogP contribution in [0.15, 0.2) is 20.0 Å². The summed E-state index contributed by atoms with van der Waals surface area (Å²) < 4.78 is 32.9. The molecule has 21 heavy (non-hydrogen) atoms. The fraction of sp³-hybridized carbons (Fsp3) is 0.692. The summed E-state index contributed by atoms with van der Waals surface area (Å²) in [5.74, 6) is 0.631. The van der Waals surface area contributed by atoms with Crippen LogP contribution in [0.5, 0.6) is 0 Å². The highest BCUT2D eigenvalue weighted by Gasteiger charge is 2.24. The normalized spacial score (nSPS) is 17.1. The van der Waals surface area contributed by atoms with Crippen LogP contribution in [0.1, 0.15) is 31.9 Å². The van der Waals surface area contributed by atoms with E-state index >= 15 is 0 Å². The Bertz CT molecular complexity index is 570. The van der Waals surface area contributed by atoms with E-state index < -0.39 is 10.0 Å². The summed E-state index contributed by atoms with van der Waals surface area (Å²) in [5.41, 5.74) is 0. The minimum atomic E-state index is -3.52. The van der Waals surface area contributed by atoms with E-state index in [2.05, 4.69) is 32.9 Å². The van der Waals surface area contributed by atoms with Crippen molar-refractivity contribution in [3.63, 3.8) is 0 Å². The largest absolute Gasteiger partial charge is 0.452 e. The quantitative estimate of drug-likeness (QED) is 0.671. The monoisotopic (exact) mass is 396 g/mol. The summed E-state index contributed by atoms with van der Waals surface area (Å²) in [5, 5.41) is 3.73. The Hall–Kier alpha value is -0.0200. The molecule has 120 valence electrons. The van der Waals surface area contributed by atoms with Gasteiger partial charge in [0.1, 0.15) is 10.7 Å². The second kappa shape index (κ2) is 7.50. The molecule has 1 saturated carbocycles. The summed E-state index contributed by atoms with van der Waals surface area (Å²) in [4.78, 5) is 0.173. The van der Waals surface area contributed by atoms with Gasteiger partial charge in [-0.2, -0.15) is 11.8 Å². The van der Waals surface area contributed by atoms with Gasteiger partial charge in [0.15, 0.2) is 4.67 Å². The zero-order valence-electron chi connectivity index (χ0n) is 12.2. The van der Waals surface area contributed by atoms with E-state index in [1.807, 2.05) is 6.26 Å². The smallest absolute Gasteiger partial charge is 0.244 e. The van der Waals surface area contributed by atoms with Crippen LogP contribution in [0.4, 0.5) is 0 Å². The molecule has 0 bridgehead atoms. The number of hydrogen-bond donors (Lipinski definition) is 2. The zero-order chi connectivity index (χ0) is 15.5. The lowest BCUT2D eigenvalue weighted by molar-refractivity contribution is 0.460. The molecule has 0 radical (unpaired) electrons. The first-order chi connectivity index (χ1) is 9.92. The predicted octanol–water partition coefficient (Wildman–Crippen LogP) is 2.71. The van der Waals surface area contributed by atoms with Gasteiger partial charge in [0.2, 0.25) is 10.0 Å². The zero-order valence-corrected chi connectivity index (χ0v) is 15.4. The summed E-state index contributed by atoms with van der Waals surface area (Å²) >= 11 is 4.92. The predicted molar refractivity (Wildman–Crippen MR) is 89.1 cm³/mol. The highest BCUT2D eigenvalue weighted by atomic mass is 79.9. The molecule has 1 aliphatic rings. The van der Waals surface area contributed by atoms with Crippen molar-refractivity contribution in [1.82, 2.24) is 10.0 Å². The fourth-order valence-corrected chi connectivity index (χ4v) is 4.19. The third kappa shape index (κ3) is 5.28. The van der Waals surface area contributed by atoms with Crippen LogP contribution in [0.3, 0.4) is 0 Å². The van der Waals surface area contributed by atoms with E-state index in [1.54, 1.807) is 17.8 Å². The second-order valence-corrected chi connectivity index (χ2v) is 8.97. The van der Waals surface area contributed by atoms with Crippen molar-refractivity contribution < 1.29 is 12.8 Å². The molecule has 0 aliphatic heterocycles. The Balaban J connectivity index is 1.94.